The summed E-state index contributed by atoms with van der Waals surface area (Å²) >= 11 is 0. The summed E-state index contributed by atoms with van der Waals surface area (Å²) in [6.07, 6.45) is 3.78. The van der Waals surface area contributed by atoms with E-state index in [4.69, 9.17) is 0 Å². The zero-order valence-corrected chi connectivity index (χ0v) is 15.1. The molecule has 0 saturated heterocycles. The summed E-state index contributed by atoms with van der Waals surface area (Å²) in [5.41, 5.74) is 2.45. The van der Waals surface area contributed by atoms with Crippen LogP contribution in [0.25, 0.3) is 5.65 Å². The first-order valence-corrected chi connectivity index (χ1v) is 8.19. The van der Waals surface area contributed by atoms with Gasteiger partial charge in [-0.3, -0.25) is 14.4 Å². The number of pyridine rings is 1. The predicted octanol–water partition coefficient (Wildman–Crippen LogP) is 2.87. The lowest BCUT2D eigenvalue weighted by Gasteiger charge is -2.19. The Bertz CT molecular complexity index is 903. The fraction of sp³-hybridized carbons (Fsp3) is 0.412. The molecule has 0 saturated carbocycles. The van der Waals surface area contributed by atoms with Gasteiger partial charge in [-0.25, -0.2) is 4.79 Å². The number of rotatable bonds is 3. The average molecular weight is 341 g/mol. The van der Waals surface area contributed by atoms with Crippen LogP contribution in [0.1, 0.15) is 45.0 Å². The molecule has 0 aliphatic carbocycles. The number of fused-ring (bicyclic) bond motifs is 1. The van der Waals surface area contributed by atoms with Crippen LogP contribution in [0.15, 0.2) is 30.6 Å². The topological polar surface area (TPSA) is 89.1 Å². The minimum Gasteiger partial charge on any atom is -0.331 e. The Balaban J connectivity index is 1.72. The van der Waals surface area contributed by atoms with E-state index in [1.807, 2.05) is 42.9 Å². The van der Waals surface area contributed by atoms with Crippen LogP contribution in [0.3, 0.4) is 0 Å². The number of carbonyl (C=O) groups excluding carboxylic acids is 1. The molecule has 3 aromatic rings. The monoisotopic (exact) mass is 341 g/mol. The van der Waals surface area contributed by atoms with Gasteiger partial charge in [-0.2, -0.15) is 5.10 Å². The van der Waals surface area contributed by atoms with Gasteiger partial charge in [0.05, 0.1) is 17.3 Å². The standard InChI is InChI=1S/C17H23N7O/c1-11(13-10-24(17(3,4)5)22-12(13)2)18-16(25)19-15-21-20-14-8-6-7-9-23(14)15/h6-11H,1-5H3,(H2,18,19,21,25). The van der Waals surface area contributed by atoms with E-state index in [9.17, 15) is 4.79 Å². The Kier molecular flexibility index (Phi) is 4.20. The normalized spacial score (nSPS) is 13.0. The number of carbonyl (C=O) groups is 1. The molecule has 1 unspecified atom stereocenters. The van der Waals surface area contributed by atoms with Crippen molar-refractivity contribution in [3.8, 4) is 0 Å². The molecule has 3 heterocycles. The molecule has 2 N–H and O–H groups in total. The first-order valence-electron chi connectivity index (χ1n) is 8.19. The third-order valence-corrected chi connectivity index (χ3v) is 3.98. The lowest BCUT2D eigenvalue weighted by atomic mass is 10.1. The van der Waals surface area contributed by atoms with Crippen LogP contribution < -0.4 is 10.6 Å². The highest BCUT2D eigenvalue weighted by Gasteiger charge is 2.20. The van der Waals surface area contributed by atoms with E-state index in [2.05, 4.69) is 46.7 Å². The van der Waals surface area contributed by atoms with Gasteiger partial charge in [-0.15, -0.1) is 10.2 Å². The van der Waals surface area contributed by atoms with E-state index in [0.717, 1.165) is 11.3 Å². The lowest BCUT2D eigenvalue weighted by molar-refractivity contribution is 0.249. The quantitative estimate of drug-likeness (QED) is 0.766. The van der Waals surface area contributed by atoms with Gasteiger partial charge in [0.15, 0.2) is 5.65 Å². The maximum atomic E-state index is 12.3. The fourth-order valence-electron chi connectivity index (χ4n) is 2.58. The van der Waals surface area contributed by atoms with Crippen LogP contribution in [0, 0.1) is 6.92 Å². The Labute approximate surface area is 146 Å². The van der Waals surface area contributed by atoms with Gasteiger partial charge in [0.1, 0.15) is 0 Å². The molecule has 25 heavy (non-hydrogen) atoms. The van der Waals surface area contributed by atoms with E-state index in [1.54, 1.807) is 10.6 Å². The van der Waals surface area contributed by atoms with Crippen molar-refractivity contribution < 1.29 is 4.79 Å². The summed E-state index contributed by atoms with van der Waals surface area (Å²) < 4.78 is 3.63. The lowest BCUT2D eigenvalue weighted by Crippen LogP contribution is -2.32. The van der Waals surface area contributed by atoms with E-state index in [0.29, 0.717) is 11.6 Å². The van der Waals surface area contributed by atoms with Gasteiger partial charge in [0.25, 0.3) is 0 Å². The Morgan fingerprint density at radius 3 is 2.68 bits per heavy atom. The SMILES string of the molecule is Cc1nn(C(C)(C)C)cc1C(C)NC(=O)Nc1nnc2ccccn12. The molecule has 0 fully saturated rings. The van der Waals surface area contributed by atoms with Crippen LogP contribution >= 0.6 is 0 Å². The first-order chi connectivity index (χ1) is 11.8. The Morgan fingerprint density at radius 2 is 2.00 bits per heavy atom. The molecule has 1 atom stereocenters. The number of hydrogen-bond donors (Lipinski definition) is 2. The van der Waals surface area contributed by atoms with E-state index in [1.165, 1.54) is 0 Å². The van der Waals surface area contributed by atoms with Gasteiger partial charge >= 0.3 is 6.03 Å². The zero-order chi connectivity index (χ0) is 18.2. The summed E-state index contributed by atoms with van der Waals surface area (Å²) in [4.78, 5) is 12.3. The van der Waals surface area contributed by atoms with E-state index in [-0.39, 0.29) is 17.6 Å². The molecule has 8 nitrogen and oxygen atoms in total. The van der Waals surface area contributed by atoms with Crippen molar-refractivity contribution in [3.05, 3.63) is 41.9 Å². The van der Waals surface area contributed by atoms with Crippen molar-refractivity contribution in [2.45, 2.75) is 46.2 Å². The summed E-state index contributed by atoms with van der Waals surface area (Å²) in [7, 11) is 0. The fourth-order valence-corrected chi connectivity index (χ4v) is 2.58. The summed E-state index contributed by atoms with van der Waals surface area (Å²) in [5.74, 6) is 0.377. The average Bonchev–Trinajstić information content (AvgIpc) is 3.11. The molecule has 132 valence electrons. The molecule has 8 heteroatoms. The molecule has 0 aliphatic heterocycles. The van der Waals surface area contributed by atoms with Crippen LogP contribution in [-0.4, -0.2) is 30.4 Å². The number of nitrogens with one attached hydrogen (secondary N) is 2. The number of anilines is 1. The number of amides is 2. The molecule has 3 aromatic heterocycles. The predicted molar refractivity (Wildman–Crippen MR) is 95.5 cm³/mol. The molecule has 3 rings (SSSR count). The van der Waals surface area contributed by atoms with Crippen LogP contribution in [-0.2, 0) is 5.54 Å². The smallest absolute Gasteiger partial charge is 0.322 e. The van der Waals surface area contributed by atoms with E-state index < -0.39 is 0 Å². The highest BCUT2D eigenvalue weighted by molar-refractivity contribution is 5.88. The summed E-state index contributed by atoms with van der Waals surface area (Å²) in [6, 6.07) is 5.02. The number of hydrogen-bond acceptors (Lipinski definition) is 4. The van der Waals surface area contributed by atoms with Gasteiger partial charge in [-0.05, 0) is 46.8 Å². The van der Waals surface area contributed by atoms with Crippen LogP contribution in [0.2, 0.25) is 0 Å². The second kappa shape index (κ2) is 6.19. The number of nitrogens with zero attached hydrogens (tertiary/aromatic N) is 5. The highest BCUT2D eigenvalue weighted by Crippen LogP contribution is 2.21. The Morgan fingerprint density at radius 1 is 1.24 bits per heavy atom. The molecule has 0 aromatic carbocycles. The second-order valence-electron chi connectivity index (χ2n) is 7.06. The molecule has 0 aliphatic rings. The molecule has 0 bridgehead atoms. The zero-order valence-electron chi connectivity index (χ0n) is 15.1. The molecular weight excluding hydrogens is 318 g/mol. The molecule has 2 amide bonds. The summed E-state index contributed by atoms with van der Waals surface area (Å²) in [6.45, 7) is 10.1. The summed E-state index contributed by atoms with van der Waals surface area (Å²) in [5, 5.41) is 18.2. The van der Waals surface area contributed by atoms with Crippen molar-refractivity contribution in [3.63, 3.8) is 0 Å². The third-order valence-electron chi connectivity index (χ3n) is 3.98. The largest absolute Gasteiger partial charge is 0.331 e. The van der Waals surface area contributed by atoms with Crippen molar-refractivity contribution in [1.29, 1.82) is 0 Å². The number of aryl methyl sites for hydroxylation is 1. The van der Waals surface area contributed by atoms with Crippen molar-refractivity contribution in [2.75, 3.05) is 5.32 Å². The molecule has 0 spiro atoms. The van der Waals surface area contributed by atoms with E-state index >= 15 is 0 Å². The minimum atomic E-state index is -0.339. The van der Waals surface area contributed by atoms with Crippen molar-refractivity contribution in [1.82, 2.24) is 29.7 Å². The molecular formula is C17H23N7O. The maximum Gasteiger partial charge on any atom is 0.322 e. The van der Waals surface area contributed by atoms with Gasteiger partial charge in [-0.1, -0.05) is 6.07 Å². The Hall–Kier alpha value is -2.90. The number of aromatic nitrogens is 5. The first kappa shape index (κ1) is 16.9. The maximum absolute atomic E-state index is 12.3. The van der Waals surface area contributed by atoms with Crippen LogP contribution in [0.5, 0.6) is 0 Å². The van der Waals surface area contributed by atoms with Crippen molar-refractivity contribution in [2.24, 2.45) is 0 Å². The minimum absolute atomic E-state index is 0.106. The highest BCUT2D eigenvalue weighted by atomic mass is 16.2. The van der Waals surface area contributed by atoms with Gasteiger partial charge in [0, 0.05) is 18.0 Å². The second-order valence-corrected chi connectivity index (χ2v) is 7.06. The molecule has 0 radical (unpaired) electrons. The van der Waals surface area contributed by atoms with Crippen LogP contribution in [0.4, 0.5) is 10.7 Å². The van der Waals surface area contributed by atoms with Gasteiger partial charge < -0.3 is 5.32 Å². The van der Waals surface area contributed by atoms with Crippen molar-refractivity contribution >= 4 is 17.6 Å². The third kappa shape index (κ3) is 3.47. The van der Waals surface area contributed by atoms with Gasteiger partial charge in [0.2, 0.25) is 5.95 Å². The number of urea groups is 1.